The van der Waals surface area contributed by atoms with Gasteiger partial charge in [0.1, 0.15) is 25.1 Å². The van der Waals surface area contributed by atoms with Crippen LogP contribution < -0.4 is 14.8 Å². The largest absolute Gasteiger partial charge is 0.491 e. The molecule has 1 aromatic carbocycles. The molecule has 36 heavy (non-hydrogen) atoms. The van der Waals surface area contributed by atoms with Gasteiger partial charge in [-0.05, 0) is 18.2 Å². The first-order valence-corrected chi connectivity index (χ1v) is 10.7. The van der Waals surface area contributed by atoms with Gasteiger partial charge in [-0.3, -0.25) is 4.79 Å². The SMILES string of the molecule is O=C(N[C@H]1COc2ccc(C(F)(F)F)cc2C1F)c1cc2n(n1)CC(COCCOCC(F)(F)F)O2. The number of alkyl halides is 7. The zero-order valence-corrected chi connectivity index (χ0v) is 18.4. The Bertz CT molecular complexity index is 1070. The van der Waals surface area contributed by atoms with E-state index in [9.17, 15) is 35.5 Å². The molecule has 0 saturated heterocycles. The number of halogens is 7. The summed E-state index contributed by atoms with van der Waals surface area (Å²) in [5.41, 5.74) is -1.45. The zero-order valence-electron chi connectivity index (χ0n) is 18.4. The Hall–Kier alpha value is -3.07. The van der Waals surface area contributed by atoms with E-state index < -0.39 is 48.7 Å². The normalized spacial score (nSPS) is 21.4. The van der Waals surface area contributed by atoms with Gasteiger partial charge in [0.15, 0.2) is 11.9 Å². The van der Waals surface area contributed by atoms with Crippen LogP contribution in [0.5, 0.6) is 11.6 Å². The number of nitrogens with one attached hydrogen (secondary N) is 1. The summed E-state index contributed by atoms with van der Waals surface area (Å²) in [4.78, 5) is 12.6. The van der Waals surface area contributed by atoms with Gasteiger partial charge in [-0.25, -0.2) is 9.07 Å². The van der Waals surface area contributed by atoms with Crippen molar-refractivity contribution in [2.75, 3.05) is 33.0 Å². The summed E-state index contributed by atoms with van der Waals surface area (Å²) >= 11 is 0. The molecule has 4 rings (SSSR count). The Morgan fingerprint density at radius 1 is 1.14 bits per heavy atom. The second-order valence-corrected chi connectivity index (χ2v) is 8.08. The molecule has 1 aromatic heterocycles. The molecule has 0 aliphatic carbocycles. The van der Waals surface area contributed by atoms with Crippen molar-refractivity contribution < 1.29 is 54.5 Å². The average Bonchev–Trinajstić information content (AvgIpc) is 3.35. The van der Waals surface area contributed by atoms with Crippen LogP contribution in [0.4, 0.5) is 30.7 Å². The second kappa shape index (κ2) is 10.1. The van der Waals surface area contributed by atoms with E-state index >= 15 is 0 Å². The average molecular weight is 527 g/mol. The lowest BCUT2D eigenvalue weighted by molar-refractivity contribution is -0.176. The highest BCUT2D eigenvalue weighted by atomic mass is 19.4. The fourth-order valence-electron chi connectivity index (χ4n) is 3.65. The lowest BCUT2D eigenvalue weighted by atomic mass is 9.98. The minimum Gasteiger partial charge on any atom is -0.491 e. The van der Waals surface area contributed by atoms with Crippen LogP contribution in [0.3, 0.4) is 0 Å². The number of ether oxygens (including phenoxy) is 4. The number of aromatic nitrogens is 2. The van der Waals surface area contributed by atoms with Gasteiger partial charge in [0, 0.05) is 11.6 Å². The van der Waals surface area contributed by atoms with Crippen LogP contribution in [0.15, 0.2) is 24.3 Å². The van der Waals surface area contributed by atoms with Crippen molar-refractivity contribution in [2.24, 2.45) is 0 Å². The van der Waals surface area contributed by atoms with E-state index in [1.165, 1.54) is 10.7 Å². The Labute approximate surface area is 199 Å². The summed E-state index contributed by atoms with van der Waals surface area (Å²) in [5.74, 6) is -0.587. The van der Waals surface area contributed by atoms with Gasteiger partial charge < -0.3 is 24.3 Å². The second-order valence-electron chi connectivity index (χ2n) is 8.08. The quantitative estimate of drug-likeness (QED) is 0.419. The highest BCUT2D eigenvalue weighted by molar-refractivity contribution is 5.92. The van der Waals surface area contributed by atoms with E-state index in [4.69, 9.17) is 14.2 Å². The summed E-state index contributed by atoms with van der Waals surface area (Å²) in [5, 5.41) is 6.45. The molecule has 0 fully saturated rings. The molecule has 15 heteroatoms. The predicted octanol–water partition coefficient (Wildman–Crippen LogP) is 3.46. The van der Waals surface area contributed by atoms with Crippen molar-refractivity contribution in [3.05, 3.63) is 41.1 Å². The maximum Gasteiger partial charge on any atom is 0.416 e. The number of hydrogen-bond donors (Lipinski definition) is 1. The van der Waals surface area contributed by atoms with Crippen LogP contribution in [0.1, 0.15) is 27.8 Å². The van der Waals surface area contributed by atoms with Gasteiger partial charge in [0.2, 0.25) is 5.88 Å². The Morgan fingerprint density at radius 3 is 2.58 bits per heavy atom. The first kappa shape index (κ1) is 26.0. The minimum atomic E-state index is -4.66. The molecule has 198 valence electrons. The molecule has 2 aromatic rings. The summed E-state index contributed by atoms with van der Waals surface area (Å²) in [6, 6.07) is 2.54. The van der Waals surface area contributed by atoms with Crippen molar-refractivity contribution in [2.45, 2.75) is 37.2 Å². The Kier molecular flexibility index (Phi) is 7.31. The third-order valence-corrected chi connectivity index (χ3v) is 5.30. The van der Waals surface area contributed by atoms with E-state index in [0.29, 0.717) is 6.07 Å². The third-order valence-electron chi connectivity index (χ3n) is 5.30. The molecule has 1 amide bonds. The summed E-state index contributed by atoms with van der Waals surface area (Å²) < 4.78 is 112. The summed E-state index contributed by atoms with van der Waals surface area (Å²) in [7, 11) is 0. The number of hydrogen-bond acceptors (Lipinski definition) is 6. The topological polar surface area (TPSA) is 83.8 Å². The molecule has 3 atom stereocenters. The first-order valence-electron chi connectivity index (χ1n) is 10.7. The monoisotopic (exact) mass is 527 g/mol. The number of nitrogens with zero attached hydrogens (tertiary/aromatic N) is 2. The molecule has 3 heterocycles. The van der Waals surface area contributed by atoms with Crippen LogP contribution >= 0.6 is 0 Å². The highest BCUT2D eigenvalue weighted by Gasteiger charge is 2.37. The summed E-state index contributed by atoms with van der Waals surface area (Å²) in [6.45, 7) is -1.74. The Morgan fingerprint density at radius 2 is 1.89 bits per heavy atom. The van der Waals surface area contributed by atoms with Crippen molar-refractivity contribution in [1.29, 1.82) is 0 Å². The van der Waals surface area contributed by atoms with Gasteiger partial charge in [-0.2, -0.15) is 31.4 Å². The molecule has 0 bridgehead atoms. The molecule has 2 aliphatic rings. The number of rotatable bonds is 8. The third kappa shape index (κ3) is 6.19. The van der Waals surface area contributed by atoms with E-state index in [0.717, 1.165) is 12.1 Å². The van der Waals surface area contributed by atoms with Gasteiger partial charge in [-0.1, -0.05) is 0 Å². The molecule has 2 unspecified atom stereocenters. The van der Waals surface area contributed by atoms with Crippen LogP contribution in [-0.2, 0) is 22.2 Å². The Balaban J connectivity index is 1.27. The standard InChI is InChI=1S/C21H20F7N3O5/c22-18-13-5-11(21(26,27)28)1-2-16(13)35-9-15(18)29-19(32)14-6-17-31(30-14)7-12(36-17)8-33-3-4-34-10-20(23,24)25/h1-2,5-6,12,15,18H,3-4,7-10H2,(H,29,32)/t12?,15-,18?/m0/s1. The molecular formula is C21H20F7N3O5. The maximum absolute atomic E-state index is 15.0. The molecule has 0 spiro atoms. The lowest BCUT2D eigenvalue weighted by Crippen LogP contribution is -2.44. The zero-order chi connectivity index (χ0) is 26.1. The first-order chi connectivity index (χ1) is 16.9. The molecule has 2 aliphatic heterocycles. The smallest absolute Gasteiger partial charge is 0.416 e. The fourth-order valence-corrected chi connectivity index (χ4v) is 3.65. The van der Waals surface area contributed by atoms with Crippen LogP contribution in [-0.4, -0.2) is 67.0 Å². The summed E-state index contributed by atoms with van der Waals surface area (Å²) in [6.07, 6.45) is -11.5. The van der Waals surface area contributed by atoms with Crippen molar-refractivity contribution >= 4 is 5.91 Å². The van der Waals surface area contributed by atoms with Crippen LogP contribution in [0, 0.1) is 0 Å². The number of benzene rings is 1. The number of carbonyl (C=O) groups excluding carboxylic acids is 1. The molecular weight excluding hydrogens is 507 g/mol. The maximum atomic E-state index is 15.0. The van der Waals surface area contributed by atoms with Crippen molar-refractivity contribution in [3.8, 4) is 11.6 Å². The van der Waals surface area contributed by atoms with Gasteiger partial charge in [0.05, 0.1) is 38.0 Å². The van der Waals surface area contributed by atoms with E-state index in [2.05, 4.69) is 15.2 Å². The van der Waals surface area contributed by atoms with Crippen LogP contribution in [0.25, 0.3) is 0 Å². The van der Waals surface area contributed by atoms with Gasteiger partial charge in [-0.15, -0.1) is 0 Å². The molecule has 0 radical (unpaired) electrons. The van der Waals surface area contributed by atoms with E-state index in [1.807, 2.05) is 0 Å². The molecule has 1 N–H and O–H groups in total. The number of fused-ring (bicyclic) bond motifs is 2. The molecule has 0 saturated carbocycles. The van der Waals surface area contributed by atoms with Crippen molar-refractivity contribution in [1.82, 2.24) is 15.1 Å². The van der Waals surface area contributed by atoms with Crippen molar-refractivity contribution in [3.63, 3.8) is 0 Å². The highest BCUT2D eigenvalue weighted by Crippen LogP contribution is 2.39. The van der Waals surface area contributed by atoms with E-state index in [-0.39, 0.29) is 55.9 Å². The fraction of sp³-hybridized carbons (Fsp3) is 0.524. The van der Waals surface area contributed by atoms with Gasteiger partial charge in [0.25, 0.3) is 5.91 Å². The lowest BCUT2D eigenvalue weighted by Gasteiger charge is -2.29. The predicted molar refractivity (Wildman–Crippen MR) is 106 cm³/mol. The minimum absolute atomic E-state index is 0.0319. The van der Waals surface area contributed by atoms with E-state index in [1.54, 1.807) is 0 Å². The van der Waals surface area contributed by atoms with Crippen LogP contribution in [0.2, 0.25) is 0 Å². The number of carbonyl (C=O) groups is 1. The molecule has 8 nitrogen and oxygen atoms in total. The van der Waals surface area contributed by atoms with Gasteiger partial charge >= 0.3 is 12.4 Å². The number of amides is 1.